The van der Waals surface area contributed by atoms with Crippen LogP contribution in [0, 0.1) is 0 Å². The van der Waals surface area contributed by atoms with Crippen LogP contribution < -0.4 is 5.32 Å². The minimum atomic E-state index is -0.730. The maximum Gasteiger partial charge on any atom is 0.304 e. The molecule has 0 aliphatic rings. The van der Waals surface area contributed by atoms with Gasteiger partial charge >= 0.3 is 5.97 Å². The summed E-state index contributed by atoms with van der Waals surface area (Å²) in [5, 5.41) is 11.9. The second kappa shape index (κ2) is 19.2. The van der Waals surface area contributed by atoms with Gasteiger partial charge in [-0.05, 0) is 52.0 Å². The van der Waals surface area contributed by atoms with Gasteiger partial charge in [0.2, 0.25) is 0 Å². The van der Waals surface area contributed by atoms with Gasteiger partial charge in [0, 0.05) is 6.04 Å². The second-order valence-electron chi connectivity index (χ2n) is 7.04. The van der Waals surface area contributed by atoms with Crippen LogP contribution in [0.25, 0.3) is 0 Å². The Labute approximate surface area is 156 Å². The van der Waals surface area contributed by atoms with Crippen molar-refractivity contribution < 1.29 is 9.90 Å². The van der Waals surface area contributed by atoms with E-state index in [1.165, 1.54) is 57.8 Å². The number of carbonyl (C=O) groups is 1. The lowest BCUT2D eigenvalue weighted by Gasteiger charge is -2.10. The molecule has 0 rings (SSSR count). The summed E-state index contributed by atoms with van der Waals surface area (Å²) in [6.07, 6.45) is 24.6. The first-order valence-corrected chi connectivity index (χ1v) is 10.4. The van der Waals surface area contributed by atoms with Crippen molar-refractivity contribution in [1.29, 1.82) is 0 Å². The number of carboxylic acids is 1. The Morgan fingerprint density at radius 3 is 2.04 bits per heavy atom. The largest absolute Gasteiger partial charge is 0.481 e. The molecule has 3 heteroatoms. The van der Waals surface area contributed by atoms with Gasteiger partial charge in [-0.15, -0.1) is 0 Å². The van der Waals surface area contributed by atoms with Crippen LogP contribution in [0.1, 0.15) is 97.3 Å². The molecule has 0 aromatic carbocycles. The van der Waals surface area contributed by atoms with Crippen LogP contribution in [0.4, 0.5) is 0 Å². The van der Waals surface area contributed by atoms with Gasteiger partial charge in [0.1, 0.15) is 0 Å². The maximum atomic E-state index is 10.5. The molecular weight excluding hydrogens is 310 g/mol. The first kappa shape index (κ1) is 23.9. The minimum Gasteiger partial charge on any atom is -0.481 e. The van der Waals surface area contributed by atoms with Crippen molar-refractivity contribution in [3.8, 4) is 0 Å². The highest BCUT2D eigenvalue weighted by atomic mass is 16.4. The van der Waals surface area contributed by atoms with E-state index in [4.69, 9.17) is 5.11 Å². The minimum absolute atomic E-state index is 0.0699. The highest BCUT2D eigenvalue weighted by Crippen LogP contribution is 2.07. The van der Waals surface area contributed by atoms with Crippen LogP contribution >= 0.6 is 0 Å². The predicted octanol–water partition coefficient (Wildman–Crippen LogP) is 6.25. The summed E-state index contributed by atoms with van der Waals surface area (Å²) in [7, 11) is 0. The van der Waals surface area contributed by atoms with Crippen LogP contribution in [0.2, 0.25) is 0 Å². The lowest BCUT2D eigenvalue weighted by Crippen LogP contribution is -2.29. The third-order valence-electron chi connectivity index (χ3n) is 4.35. The molecular formula is C22H41NO2. The molecule has 0 spiro atoms. The van der Waals surface area contributed by atoms with E-state index in [1.54, 1.807) is 0 Å². The Kier molecular flexibility index (Phi) is 18.4. The molecule has 0 aromatic heterocycles. The van der Waals surface area contributed by atoms with Crippen molar-refractivity contribution in [2.24, 2.45) is 0 Å². The zero-order valence-electron chi connectivity index (χ0n) is 16.6. The van der Waals surface area contributed by atoms with Crippen molar-refractivity contribution in [1.82, 2.24) is 5.32 Å². The number of nitrogens with one attached hydrogen (secondary N) is 1. The van der Waals surface area contributed by atoms with Crippen LogP contribution in [0.3, 0.4) is 0 Å². The maximum absolute atomic E-state index is 10.5. The molecule has 0 heterocycles. The molecule has 0 fully saturated rings. The summed E-state index contributed by atoms with van der Waals surface area (Å²) in [6.45, 7) is 5.11. The summed E-state index contributed by atoms with van der Waals surface area (Å²) in [4.78, 5) is 10.5. The van der Waals surface area contributed by atoms with E-state index in [-0.39, 0.29) is 12.5 Å². The van der Waals surface area contributed by atoms with Gasteiger partial charge in [0.15, 0.2) is 0 Å². The van der Waals surface area contributed by atoms with Crippen molar-refractivity contribution >= 4 is 5.97 Å². The quantitative estimate of drug-likeness (QED) is 0.226. The highest BCUT2D eigenvalue weighted by Gasteiger charge is 2.05. The topological polar surface area (TPSA) is 49.3 Å². The number of rotatable bonds is 18. The Hall–Kier alpha value is -1.09. The Morgan fingerprint density at radius 2 is 1.44 bits per heavy atom. The molecule has 2 N–H and O–H groups in total. The van der Waals surface area contributed by atoms with E-state index in [0.29, 0.717) is 0 Å². The molecule has 1 atom stereocenters. The molecule has 0 amide bonds. The van der Waals surface area contributed by atoms with Gasteiger partial charge in [-0.1, -0.05) is 69.8 Å². The predicted molar refractivity (Wildman–Crippen MR) is 109 cm³/mol. The summed E-state index contributed by atoms with van der Waals surface area (Å²) >= 11 is 0. The standard InChI is InChI=1S/C22H41NO2/c1-3-4-5-6-7-8-9-10-11-12-13-14-15-16-17-18-19-23-21(2)20-22(24)25/h10-11,13-14,21,23H,3-9,12,15-20H2,1-2H3,(H,24,25)/b11-10+,14-13+. The number of unbranched alkanes of at least 4 members (excludes halogenated alkanes) is 9. The van der Waals surface area contributed by atoms with Gasteiger partial charge in [0.25, 0.3) is 0 Å². The van der Waals surface area contributed by atoms with E-state index < -0.39 is 5.97 Å². The normalized spacial score (nSPS) is 13.0. The smallest absolute Gasteiger partial charge is 0.304 e. The molecule has 1 unspecified atom stereocenters. The average Bonchev–Trinajstić information content (AvgIpc) is 2.57. The van der Waals surface area contributed by atoms with Crippen molar-refractivity contribution in [3.63, 3.8) is 0 Å². The number of hydrogen-bond donors (Lipinski definition) is 2. The van der Waals surface area contributed by atoms with E-state index >= 15 is 0 Å². The van der Waals surface area contributed by atoms with Crippen LogP contribution in [-0.4, -0.2) is 23.7 Å². The summed E-state index contributed by atoms with van der Waals surface area (Å²) < 4.78 is 0. The van der Waals surface area contributed by atoms with E-state index in [2.05, 4.69) is 36.5 Å². The first-order valence-electron chi connectivity index (χ1n) is 10.4. The van der Waals surface area contributed by atoms with Crippen molar-refractivity contribution in [2.45, 2.75) is 103 Å². The Morgan fingerprint density at radius 1 is 0.880 bits per heavy atom. The fourth-order valence-electron chi connectivity index (χ4n) is 2.80. The van der Waals surface area contributed by atoms with Crippen molar-refractivity contribution in [3.05, 3.63) is 24.3 Å². The molecule has 0 saturated heterocycles. The zero-order chi connectivity index (χ0) is 18.6. The lowest BCUT2D eigenvalue weighted by atomic mass is 10.1. The second-order valence-corrected chi connectivity index (χ2v) is 7.04. The molecule has 0 aliphatic carbocycles. The number of hydrogen-bond acceptors (Lipinski definition) is 2. The summed E-state index contributed by atoms with van der Waals surface area (Å²) in [5.41, 5.74) is 0. The number of aliphatic carboxylic acids is 1. The van der Waals surface area contributed by atoms with Crippen LogP contribution in [-0.2, 0) is 4.79 Å². The van der Waals surface area contributed by atoms with Gasteiger partial charge in [0.05, 0.1) is 6.42 Å². The van der Waals surface area contributed by atoms with Gasteiger partial charge in [-0.3, -0.25) is 4.79 Å². The van der Waals surface area contributed by atoms with E-state index in [9.17, 15) is 4.79 Å². The molecule has 0 saturated carbocycles. The number of allylic oxidation sites excluding steroid dienone is 4. The fourth-order valence-corrected chi connectivity index (χ4v) is 2.80. The molecule has 146 valence electrons. The average molecular weight is 352 g/mol. The van der Waals surface area contributed by atoms with E-state index in [1.807, 2.05) is 6.92 Å². The number of carboxylic acid groups (broad SMARTS) is 1. The van der Waals surface area contributed by atoms with Crippen LogP contribution in [0.5, 0.6) is 0 Å². The summed E-state index contributed by atoms with van der Waals surface area (Å²) in [6, 6.07) is 0.0699. The fraction of sp³-hybridized carbons (Fsp3) is 0.773. The lowest BCUT2D eigenvalue weighted by molar-refractivity contribution is -0.137. The monoisotopic (exact) mass is 351 g/mol. The third kappa shape index (κ3) is 20.9. The molecule has 3 nitrogen and oxygen atoms in total. The molecule has 0 aliphatic heterocycles. The summed E-state index contributed by atoms with van der Waals surface area (Å²) in [5.74, 6) is -0.730. The van der Waals surface area contributed by atoms with Gasteiger partial charge in [-0.2, -0.15) is 0 Å². The Bertz CT molecular complexity index is 350. The van der Waals surface area contributed by atoms with Gasteiger partial charge in [-0.25, -0.2) is 0 Å². The molecule has 25 heavy (non-hydrogen) atoms. The molecule has 0 radical (unpaired) electrons. The van der Waals surface area contributed by atoms with Gasteiger partial charge < -0.3 is 10.4 Å². The highest BCUT2D eigenvalue weighted by molar-refractivity contribution is 5.67. The SMILES string of the molecule is CCCCCCCC/C=C/C/C=C/CCCCCNC(C)CC(=O)O. The zero-order valence-corrected chi connectivity index (χ0v) is 16.6. The van der Waals surface area contributed by atoms with E-state index in [0.717, 1.165) is 25.8 Å². The Balaban J connectivity index is 3.27. The van der Waals surface area contributed by atoms with Crippen LogP contribution in [0.15, 0.2) is 24.3 Å². The van der Waals surface area contributed by atoms with Crippen molar-refractivity contribution in [2.75, 3.05) is 6.54 Å². The first-order chi connectivity index (χ1) is 12.2. The third-order valence-corrected chi connectivity index (χ3v) is 4.35. The molecule has 0 bridgehead atoms. The molecule has 0 aromatic rings.